The second-order valence-corrected chi connectivity index (χ2v) is 11.0. The minimum Gasteiger partial charge on any atom is -0.381 e. The van der Waals surface area contributed by atoms with E-state index in [-0.39, 0.29) is 36.9 Å². The predicted octanol–water partition coefficient (Wildman–Crippen LogP) is 4.68. The average molecular weight is 544 g/mol. The lowest BCUT2D eigenvalue weighted by Gasteiger charge is -2.46. The Morgan fingerprint density at radius 1 is 1.18 bits per heavy atom. The molecule has 2 saturated carbocycles. The minimum atomic E-state index is -4.63. The zero-order chi connectivity index (χ0) is 27.6. The molecule has 0 spiro atoms. The van der Waals surface area contributed by atoms with Gasteiger partial charge < -0.3 is 19.5 Å². The van der Waals surface area contributed by atoms with Crippen molar-refractivity contribution < 1.29 is 27.1 Å². The predicted molar refractivity (Wildman–Crippen MR) is 135 cm³/mol. The molecule has 0 radical (unpaired) electrons. The van der Waals surface area contributed by atoms with Crippen LogP contribution in [0, 0.1) is 0 Å². The molecule has 206 valence electrons. The van der Waals surface area contributed by atoms with Crippen LogP contribution in [0.3, 0.4) is 0 Å². The highest BCUT2D eigenvalue weighted by Crippen LogP contribution is 2.50. The standard InChI is InChI=1S/C28H29F4N5O2/c1-36-16-34-35-25(36)27(11-20(12-27)39-2)18-4-3-5-19(10-18)37-14-22-21(24(37)38)8-17(9-23(22)28(30,31)32)13-33-15-26(29)6-7-26/h3-5,8-10,16,20,33H,6-7,11-15H2,1-2H3. The van der Waals surface area contributed by atoms with E-state index in [2.05, 4.69) is 15.5 Å². The fourth-order valence-corrected chi connectivity index (χ4v) is 5.89. The monoisotopic (exact) mass is 543 g/mol. The number of carbonyl (C=O) groups excluding carboxylic acids is 1. The Kier molecular flexibility index (Phi) is 6.07. The lowest BCUT2D eigenvalue weighted by molar-refractivity contribution is -0.138. The SMILES string of the molecule is COC1CC(c2cccc(N3Cc4c(cc(CNCC5(F)CC5)cc4C(F)(F)F)C3=O)c2)(c2nncn2C)C1. The molecule has 2 aromatic carbocycles. The Morgan fingerprint density at radius 3 is 2.59 bits per heavy atom. The van der Waals surface area contributed by atoms with Crippen LogP contribution in [0.15, 0.2) is 42.7 Å². The summed E-state index contributed by atoms with van der Waals surface area (Å²) in [6, 6.07) is 9.91. The van der Waals surface area contributed by atoms with Gasteiger partial charge in [-0.3, -0.25) is 4.79 Å². The van der Waals surface area contributed by atoms with Gasteiger partial charge in [-0.2, -0.15) is 13.2 Å². The second kappa shape index (κ2) is 9.12. The molecule has 6 rings (SSSR count). The molecule has 1 N–H and O–H groups in total. The summed E-state index contributed by atoms with van der Waals surface area (Å²) in [6.45, 7) is -0.0629. The summed E-state index contributed by atoms with van der Waals surface area (Å²) in [5, 5.41) is 11.3. The number of anilines is 1. The number of benzene rings is 2. The normalized spacial score (nSPS) is 23.6. The quantitative estimate of drug-likeness (QED) is 0.418. The number of aryl methyl sites for hydroxylation is 1. The molecule has 2 heterocycles. The maximum absolute atomic E-state index is 14.1. The van der Waals surface area contributed by atoms with E-state index in [0.29, 0.717) is 36.9 Å². The van der Waals surface area contributed by atoms with Gasteiger partial charge >= 0.3 is 6.18 Å². The number of ether oxygens (including phenoxy) is 1. The summed E-state index contributed by atoms with van der Waals surface area (Å²) in [4.78, 5) is 14.9. The number of aromatic nitrogens is 3. The van der Waals surface area contributed by atoms with Crippen LogP contribution >= 0.6 is 0 Å². The largest absolute Gasteiger partial charge is 0.416 e. The Hall–Kier alpha value is -3.31. The molecular weight excluding hydrogens is 514 g/mol. The molecule has 39 heavy (non-hydrogen) atoms. The van der Waals surface area contributed by atoms with Crippen molar-refractivity contribution in [3.05, 3.63) is 76.4 Å². The third-order valence-corrected chi connectivity index (χ3v) is 8.31. The number of halogens is 4. The molecule has 2 fully saturated rings. The lowest BCUT2D eigenvalue weighted by Crippen LogP contribution is -2.48. The summed E-state index contributed by atoms with van der Waals surface area (Å²) in [5.41, 5.74) is -0.892. The van der Waals surface area contributed by atoms with E-state index in [1.54, 1.807) is 19.5 Å². The highest BCUT2D eigenvalue weighted by molar-refractivity contribution is 6.10. The van der Waals surface area contributed by atoms with Crippen LogP contribution in [0.1, 0.15) is 64.1 Å². The van der Waals surface area contributed by atoms with Gasteiger partial charge in [-0.1, -0.05) is 12.1 Å². The molecule has 1 amide bonds. The number of hydrogen-bond acceptors (Lipinski definition) is 5. The van der Waals surface area contributed by atoms with E-state index in [1.807, 2.05) is 29.8 Å². The van der Waals surface area contributed by atoms with Crippen LogP contribution < -0.4 is 10.2 Å². The van der Waals surface area contributed by atoms with E-state index >= 15 is 0 Å². The second-order valence-electron chi connectivity index (χ2n) is 11.0. The van der Waals surface area contributed by atoms with Crippen molar-refractivity contribution in [1.29, 1.82) is 0 Å². The van der Waals surface area contributed by atoms with Gasteiger partial charge in [0.15, 0.2) is 0 Å². The fourth-order valence-electron chi connectivity index (χ4n) is 5.89. The van der Waals surface area contributed by atoms with Crippen LogP contribution in [-0.4, -0.2) is 46.1 Å². The van der Waals surface area contributed by atoms with Crippen LogP contribution in [0.25, 0.3) is 0 Å². The fraction of sp³-hybridized carbons (Fsp3) is 0.464. The van der Waals surface area contributed by atoms with Gasteiger partial charge in [-0.15, -0.1) is 10.2 Å². The van der Waals surface area contributed by atoms with Crippen LogP contribution in [0.4, 0.5) is 23.2 Å². The van der Waals surface area contributed by atoms with Crippen LogP contribution in [0.2, 0.25) is 0 Å². The number of amides is 1. The number of fused-ring (bicyclic) bond motifs is 1. The molecule has 11 heteroatoms. The molecule has 7 nitrogen and oxygen atoms in total. The highest BCUT2D eigenvalue weighted by atomic mass is 19.4. The zero-order valence-electron chi connectivity index (χ0n) is 21.7. The smallest absolute Gasteiger partial charge is 0.381 e. The Balaban J connectivity index is 1.32. The molecular formula is C28H29F4N5O2. The molecule has 0 saturated heterocycles. The first-order valence-electron chi connectivity index (χ1n) is 13.0. The van der Waals surface area contributed by atoms with E-state index in [1.165, 1.54) is 11.0 Å². The first-order valence-corrected chi connectivity index (χ1v) is 13.0. The van der Waals surface area contributed by atoms with Crippen molar-refractivity contribution in [3.8, 4) is 0 Å². The first kappa shape index (κ1) is 25.9. The van der Waals surface area contributed by atoms with Crippen molar-refractivity contribution in [2.24, 2.45) is 7.05 Å². The first-order chi connectivity index (χ1) is 18.5. The van der Waals surface area contributed by atoms with Gasteiger partial charge in [0.1, 0.15) is 17.8 Å². The van der Waals surface area contributed by atoms with Gasteiger partial charge in [0, 0.05) is 38.5 Å². The highest BCUT2D eigenvalue weighted by Gasteiger charge is 2.50. The van der Waals surface area contributed by atoms with Crippen molar-refractivity contribution >= 4 is 11.6 Å². The number of methoxy groups -OCH3 is 1. The maximum Gasteiger partial charge on any atom is 0.416 e. The number of carbonyl (C=O) groups is 1. The molecule has 1 aromatic heterocycles. The van der Waals surface area contributed by atoms with Crippen molar-refractivity contribution in [2.75, 3.05) is 18.6 Å². The lowest BCUT2D eigenvalue weighted by atomic mass is 9.62. The molecule has 0 atom stereocenters. The average Bonchev–Trinajstić information content (AvgIpc) is 3.29. The van der Waals surface area contributed by atoms with Crippen LogP contribution in [0.5, 0.6) is 0 Å². The summed E-state index contributed by atoms with van der Waals surface area (Å²) in [5.74, 6) is 0.275. The number of alkyl halides is 4. The Labute approximate surface area is 223 Å². The number of nitrogens with zero attached hydrogens (tertiary/aromatic N) is 4. The molecule has 1 aliphatic heterocycles. The van der Waals surface area contributed by atoms with Crippen LogP contribution in [-0.2, 0) is 36.5 Å². The van der Waals surface area contributed by atoms with Gasteiger partial charge in [0.25, 0.3) is 5.91 Å². The maximum atomic E-state index is 14.1. The Bertz CT molecular complexity index is 1430. The van der Waals surface area contributed by atoms with Gasteiger partial charge in [-0.05, 0) is 66.6 Å². The molecule has 0 bridgehead atoms. The number of hydrogen-bond donors (Lipinski definition) is 1. The summed E-state index contributed by atoms with van der Waals surface area (Å²) >= 11 is 0. The third kappa shape index (κ3) is 4.51. The van der Waals surface area contributed by atoms with E-state index in [0.717, 1.165) is 17.5 Å². The molecule has 3 aromatic rings. The Morgan fingerprint density at radius 2 is 1.95 bits per heavy atom. The van der Waals surface area contributed by atoms with E-state index in [4.69, 9.17) is 4.74 Å². The minimum absolute atomic E-state index is 0.0273. The molecule has 2 aliphatic carbocycles. The van der Waals surface area contributed by atoms with Gasteiger partial charge in [-0.25, -0.2) is 4.39 Å². The topological polar surface area (TPSA) is 72.3 Å². The zero-order valence-corrected chi connectivity index (χ0v) is 21.7. The number of rotatable bonds is 8. The van der Waals surface area contributed by atoms with Gasteiger partial charge in [0.05, 0.1) is 23.6 Å². The summed E-state index contributed by atoms with van der Waals surface area (Å²) < 4.78 is 63.7. The van der Waals surface area contributed by atoms with Crippen molar-refractivity contribution in [3.63, 3.8) is 0 Å². The molecule has 0 unspecified atom stereocenters. The van der Waals surface area contributed by atoms with Crippen molar-refractivity contribution in [1.82, 2.24) is 20.1 Å². The summed E-state index contributed by atoms with van der Waals surface area (Å²) in [7, 11) is 3.52. The molecule has 3 aliphatic rings. The third-order valence-electron chi connectivity index (χ3n) is 8.31. The number of nitrogens with one attached hydrogen (secondary N) is 1. The van der Waals surface area contributed by atoms with Gasteiger partial charge in [0.2, 0.25) is 0 Å². The summed E-state index contributed by atoms with van der Waals surface area (Å²) in [6.07, 6.45) is -0.720. The van der Waals surface area contributed by atoms with E-state index < -0.39 is 28.7 Å². The van der Waals surface area contributed by atoms with Crippen molar-refractivity contribution in [2.45, 2.75) is 62.1 Å². The van der Waals surface area contributed by atoms with E-state index in [9.17, 15) is 22.4 Å².